The monoisotopic (exact) mass is 294 g/mol. The number of piperazine rings is 1. The summed E-state index contributed by atoms with van der Waals surface area (Å²) in [6.07, 6.45) is 3.50. The maximum atomic E-state index is 13.9. The van der Waals surface area contributed by atoms with E-state index in [1.54, 1.807) is 0 Å². The van der Waals surface area contributed by atoms with Gasteiger partial charge in [-0.25, -0.2) is 8.78 Å². The molecule has 1 aliphatic heterocycles. The largest absolute Gasteiger partial charge is 0.309 e. The van der Waals surface area contributed by atoms with Crippen LogP contribution < -0.4 is 5.32 Å². The number of hydrogen-bond donors (Lipinski definition) is 1. The molecule has 1 aliphatic carbocycles. The van der Waals surface area contributed by atoms with Gasteiger partial charge in [-0.15, -0.1) is 0 Å². The highest BCUT2D eigenvalue weighted by Crippen LogP contribution is 2.38. The van der Waals surface area contributed by atoms with E-state index in [2.05, 4.69) is 24.1 Å². The summed E-state index contributed by atoms with van der Waals surface area (Å²) in [5.74, 6) is -0.170. The van der Waals surface area contributed by atoms with Crippen LogP contribution in [0.2, 0.25) is 0 Å². The fourth-order valence-electron chi connectivity index (χ4n) is 3.34. The molecule has 2 unspecified atom stereocenters. The van der Waals surface area contributed by atoms with E-state index in [4.69, 9.17) is 0 Å². The van der Waals surface area contributed by atoms with Gasteiger partial charge in [-0.05, 0) is 44.2 Å². The Bertz CT molecular complexity index is 495. The molecule has 0 aromatic heterocycles. The van der Waals surface area contributed by atoms with Crippen molar-refractivity contribution in [1.29, 1.82) is 0 Å². The highest BCUT2D eigenvalue weighted by molar-refractivity contribution is 5.20. The number of nitrogens with zero attached hydrogens (tertiary/aromatic N) is 1. The molecule has 0 amide bonds. The van der Waals surface area contributed by atoms with E-state index in [0.717, 1.165) is 19.5 Å². The first-order chi connectivity index (χ1) is 10.0. The molecule has 116 valence electrons. The third-order valence-electron chi connectivity index (χ3n) is 5.13. The quantitative estimate of drug-likeness (QED) is 0.916. The van der Waals surface area contributed by atoms with Crippen LogP contribution in [0, 0.1) is 17.6 Å². The Balaban J connectivity index is 1.82. The summed E-state index contributed by atoms with van der Waals surface area (Å²) >= 11 is 0. The second-order valence-electron chi connectivity index (χ2n) is 6.81. The van der Waals surface area contributed by atoms with Crippen LogP contribution in [0.25, 0.3) is 0 Å². The second-order valence-corrected chi connectivity index (χ2v) is 6.81. The minimum Gasteiger partial charge on any atom is -0.309 e. The lowest BCUT2D eigenvalue weighted by Gasteiger charge is -2.46. The van der Waals surface area contributed by atoms with Gasteiger partial charge < -0.3 is 5.32 Å². The average molecular weight is 294 g/mol. The number of benzene rings is 1. The van der Waals surface area contributed by atoms with E-state index in [1.807, 2.05) is 0 Å². The summed E-state index contributed by atoms with van der Waals surface area (Å²) in [6.45, 7) is 6.49. The first-order valence-electron chi connectivity index (χ1n) is 7.94. The van der Waals surface area contributed by atoms with Gasteiger partial charge in [0.05, 0.1) is 0 Å². The van der Waals surface area contributed by atoms with Crippen LogP contribution in [0.4, 0.5) is 8.78 Å². The molecular weight excluding hydrogens is 270 g/mol. The van der Waals surface area contributed by atoms with E-state index in [-0.39, 0.29) is 11.1 Å². The van der Waals surface area contributed by atoms with Gasteiger partial charge in [0.1, 0.15) is 11.6 Å². The smallest absolute Gasteiger partial charge is 0.130 e. The van der Waals surface area contributed by atoms with Crippen molar-refractivity contribution in [3.8, 4) is 0 Å². The maximum Gasteiger partial charge on any atom is 0.130 e. The molecule has 1 saturated carbocycles. The molecular formula is C17H24F2N2. The van der Waals surface area contributed by atoms with E-state index in [9.17, 15) is 8.78 Å². The van der Waals surface area contributed by atoms with Crippen molar-refractivity contribution in [3.05, 3.63) is 35.4 Å². The molecule has 0 bridgehead atoms. The van der Waals surface area contributed by atoms with Gasteiger partial charge in [-0.3, -0.25) is 4.90 Å². The van der Waals surface area contributed by atoms with Crippen molar-refractivity contribution in [1.82, 2.24) is 10.2 Å². The molecule has 1 saturated heterocycles. The molecule has 2 nitrogen and oxygen atoms in total. The Morgan fingerprint density at radius 1 is 1.29 bits per heavy atom. The van der Waals surface area contributed by atoms with Crippen LogP contribution >= 0.6 is 0 Å². The fraction of sp³-hybridized carbons (Fsp3) is 0.647. The van der Waals surface area contributed by atoms with Gasteiger partial charge in [0.2, 0.25) is 0 Å². The summed E-state index contributed by atoms with van der Waals surface area (Å²) in [6, 6.07) is 4.54. The summed E-state index contributed by atoms with van der Waals surface area (Å²) in [4.78, 5) is 2.29. The van der Waals surface area contributed by atoms with Crippen LogP contribution in [0.3, 0.4) is 0 Å². The standard InChI is InChI=1S/C17H24F2N2/c1-3-17(2)11-21(16(9-20-17)12-7-8-12)10-13-14(18)5-4-6-15(13)19/h4-6,12,16,20H,3,7-11H2,1-2H3. The molecule has 1 aromatic rings. The summed E-state index contributed by atoms with van der Waals surface area (Å²) in [5.41, 5.74) is 0.246. The van der Waals surface area contributed by atoms with Crippen LogP contribution in [0.5, 0.6) is 0 Å². The summed E-state index contributed by atoms with van der Waals surface area (Å²) < 4.78 is 27.9. The van der Waals surface area contributed by atoms with Gasteiger partial charge >= 0.3 is 0 Å². The highest BCUT2D eigenvalue weighted by Gasteiger charge is 2.42. The predicted octanol–water partition coefficient (Wildman–Crippen LogP) is 3.32. The zero-order valence-corrected chi connectivity index (χ0v) is 12.8. The highest BCUT2D eigenvalue weighted by atomic mass is 19.1. The summed E-state index contributed by atoms with van der Waals surface area (Å²) in [5, 5.41) is 3.63. The Morgan fingerprint density at radius 2 is 1.95 bits per heavy atom. The number of halogens is 2. The molecule has 21 heavy (non-hydrogen) atoms. The SMILES string of the molecule is CCC1(C)CN(Cc2c(F)cccc2F)C(C2CC2)CN1. The number of rotatable bonds is 4. The first-order valence-corrected chi connectivity index (χ1v) is 7.94. The average Bonchev–Trinajstić information content (AvgIpc) is 3.28. The third kappa shape index (κ3) is 3.11. The Morgan fingerprint density at radius 3 is 2.52 bits per heavy atom. The zero-order valence-electron chi connectivity index (χ0n) is 12.8. The predicted molar refractivity (Wildman–Crippen MR) is 80.0 cm³/mol. The third-order valence-corrected chi connectivity index (χ3v) is 5.13. The molecule has 1 N–H and O–H groups in total. The van der Waals surface area contributed by atoms with Crippen molar-refractivity contribution >= 4 is 0 Å². The minimum absolute atomic E-state index is 0.0348. The molecule has 2 aliphatic rings. The molecule has 3 rings (SSSR count). The minimum atomic E-state index is -0.429. The van der Waals surface area contributed by atoms with E-state index in [1.165, 1.54) is 31.0 Å². The van der Waals surface area contributed by atoms with Crippen LogP contribution in [-0.4, -0.2) is 29.6 Å². The van der Waals surface area contributed by atoms with Crippen molar-refractivity contribution in [2.24, 2.45) is 5.92 Å². The lowest BCUT2D eigenvalue weighted by atomic mass is 9.91. The normalized spacial score (nSPS) is 30.6. The maximum absolute atomic E-state index is 13.9. The molecule has 1 aromatic carbocycles. The van der Waals surface area contributed by atoms with E-state index >= 15 is 0 Å². The molecule has 0 spiro atoms. The van der Waals surface area contributed by atoms with Gasteiger partial charge in [0.25, 0.3) is 0 Å². The van der Waals surface area contributed by atoms with Crippen molar-refractivity contribution in [3.63, 3.8) is 0 Å². The number of nitrogens with one attached hydrogen (secondary N) is 1. The Labute approximate surface area is 125 Å². The number of hydrogen-bond acceptors (Lipinski definition) is 2. The molecule has 2 fully saturated rings. The van der Waals surface area contributed by atoms with Crippen LogP contribution in [0.1, 0.15) is 38.7 Å². The van der Waals surface area contributed by atoms with Gasteiger partial charge in [-0.2, -0.15) is 0 Å². The Hall–Kier alpha value is -1.00. The molecule has 2 atom stereocenters. The molecule has 1 heterocycles. The first kappa shape index (κ1) is 14.9. The lowest BCUT2D eigenvalue weighted by Crippen LogP contribution is -2.63. The van der Waals surface area contributed by atoms with Crippen LogP contribution in [-0.2, 0) is 6.54 Å². The lowest BCUT2D eigenvalue weighted by molar-refractivity contribution is 0.0643. The van der Waals surface area contributed by atoms with E-state index < -0.39 is 11.6 Å². The second kappa shape index (κ2) is 5.65. The fourth-order valence-corrected chi connectivity index (χ4v) is 3.34. The molecule has 0 radical (unpaired) electrons. The van der Waals surface area contributed by atoms with E-state index in [0.29, 0.717) is 18.5 Å². The van der Waals surface area contributed by atoms with Gasteiger partial charge in [0, 0.05) is 36.8 Å². The van der Waals surface area contributed by atoms with Crippen molar-refractivity contribution in [2.45, 2.75) is 51.2 Å². The van der Waals surface area contributed by atoms with Crippen molar-refractivity contribution in [2.75, 3.05) is 13.1 Å². The van der Waals surface area contributed by atoms with Gasteiger partial charge in [0.15, 0.2) is 0 Å². The van der Waals surface area contributed by atoms with Gasteiger partial charge in [-0.1, -0.05) is 13.0 Å². The topological polar surface area (TPSA) is 15.3 Å². The van der Waals surface area contributed by atoms with Crippen LogP contribution in [0.15, 0.2) is 18.2 Å². The molecule has 4 heteroatoms. The van der Waals surface area contributed by atoms with Crippen molar-refractivity contribution < 1.29 is 8.78 Å². The zero-order chi connectivity index (χ0) is 15.0. The Kier molecular flexibility index (Phi) is 4.02. The summed E-state index contributed by atoms with van der Waals surface area (Å²) in [7, 11) is 0.